The van der Waals surface area contributed by atoms with Crippen LogP contribution in [0.15, 0.2) is 5.16 Å². The van der Waals surface area contributed by atoms with Gasteiger partial charge in [0.1, 0.15) is 0 Å². The molecule has 0 saturated heterocycles. The molecule has 2 rings (SSSR count). The lowest BCUT2D eigenvalue weighted by Crippen LogP contribution is -2.20. The summed E-state index contributed by atoms with van der Waals surface area (Å²) in [5.41, 5.74) is 1.04. The standard InChI is InChI=1S/C9H15NO/c11-10-9-5-4-7-2-1-3-8(7)6-9/h7-8,11H,1-6H2/b10-9-. The molecule has 0 aromatic carbocycles. The molecule has 1 N–H and O–H groups in total. The number of nitrogens with zero attached hydrogens (tertiary/aromatic N) is 1. The molecule has 0 radical (unpaired) electrons. The van der Waals surface area contributed by atoms with Gasteiger partial charge in [-0.3, -0.25) is 0 Å². The van der Waals surface area contributed by atoms with Crippen LogP contribution in [0, 0.1) is 11.8 Å². The molecule has 2 fully saturated rings. The summed E-state index contributed by atoms with van der Waals surface area (Å²) < 4.78 is 0. The van der Waals surface area contributed by atoms with Crippen molar-refractivity contribution in [3.8, 4) is 0 Å². The Kier molecular flexibility index (Phi) is 1.84. The molecule has 0 amide bonds. The van der Waals surface area contributed by atoms with Crippen molar-refractivity contribution >= 4 is 5.71 Å². The molecule has 2 saturated carbocycles. The van der Waals surface area contributed by atoms with Gasteiger partial charge in [-0.1, -0.05) is 18.0 Å². The van der Waals surface area contributed by atoms with Crippen LogP contribution in [0.3, 0.4) is 0 Å². The van der Waals surface area contributed by atoms with Gasteiger partial charge in [0.05, 0.1) is 5.71 Å². The Morgan fingerprint density at radius 3 is 2.82 bits per heavy atom. The van der Waals surface area contributed by atoms with Gasteiger partial charge in [-0.25, -0.2) is 0 Å². The van der Waals surface area contributed by atoms with E-state index in [9.17, 15) is 0 Å². The van der Waals surface area contributed by atoms with E-state index in [1.54, 1.807) is 0 Å². The van der Waals surface area contributed by atoms with Crippen LogP contribution in [0.4, 0.5) is 0 Å². The Hall–Kier alpha value is -0.530. The molecule has 2 heteroatoms. The summed E-state index contributed by atoms with van der Waals surface area (Å²) in [6.07, 6.45) is 7.56. The highest BCUT2D eigenvalue weighted by atomic mass is 16.4. The van der Waals surface area contributed by atoms with Crippen LogP contribution in [-0.4, -0.2) is 10.9 Å². The molecular formula is C9H15NO. The first-order valence-electron chi connectivity index (χ1n) is 4.60. The lowest BCUT2D eigenvalue weighted by atomic mass is 9.81. The first-order valence-corrected chi connectivity index (χ1v) is 4.60. The van der Waals surface area contributed by atoms with Gasteiger partial charge in [0.2, 0.25) is 0 Å². The largest absolute Gasteiger partial charge is 0.411 e. The van der Waals surface area contributed by atoms with Gasteiger partial charge in [0, 0.05) is 0 Å². The highest BCUT2D eigenvalue weighted by molar-refractivity contribution is 5.84. The van der Waals surface area contributed by atoms with Crippen molar-refractivity contribution in [1.29, 1.82) is 0 Å². The first kappa shape index (κ1) is 7.14. The molecular weight excluding hydrogens is 138 g/mol. The number of rotatable bonds is 0. The van der Waals surface area contributed by atoms with E-state index in [0.717, 1.165) is 30.4 Å². The summed E-state index contributed by atoms with van der Waals surface area (Å²) in [7, 11) is 0. The topological polar surface area (TPSA) is 32.6 Å². The summed E-state index contributed by atoms with van der Waals surface area (Å²) in [6.45, 7) is 0. The van der Waals surface area contributed by atoms with Gasteiger partial charge in [-0.05, 0) is 37.5 Å². The molecule has 2 atom stereocenters. The monoisotopic (exact) mass is 153 g/mol. The SMILES string of the molecule is O/N=C1/CCC2CCCC2C1. The third-order valence-electron chi connectivity index (χ3n) is 3.26. The maximum atomic E-state index is 8.60. The molecule has 0 bridgehead atoms. The minimum Gasteiger partial charge on any atom is -0.411 e. The van der Waals surface area contributed by atoms with Crippen molar-refractivity contribution in [2.75, 3.05) is 0 Å². The molecule has 62 valence electrons. The van der Waals surface area contributed by atoms with Crippen molar-refractivity contribution in [3.05, 3.63) is 0 Å². The lowest BCUT2D eigenvalue weighted by molar-refractivity contribution is 0.298. The van der Waals surface area contributed by atoms with E-state index in [-0.39, 0.29) is 0 Å². The van der Waals surface area contributed by atoms with Crippen LogP contribution in [0.2, 0.25) is 0 Å². The van der Waals surface area contributed by atoms with Gasteiger partial charge in [-0.2, -0.15) is 0 Å². The van der Waals surface area contributed by atoms with Crippen LogP contribution in [0.25, 0.3) is 0 Å². The Balaban J connectivity index is 2.02. The average molecular weight is 153 g/mol. The number of fused-ring (bicyclic) bond motifs is 1. The van der Waals surface area contributed by atoms with Crippen LogP contribution < -0.4 is 0 Å². The van der Waals surface area contributed by atoms with Crippen LogP contribution in [0.1, 0.15) is 38.5 Å². The number of hydrogen-bond donors (Lipinski definition) is 1. The third kappa shape index (κ3) is 1.26. The summed E-state index contributed by atoms with van der Waals surface area (Å²) in [6, 6.07) is 0. The Bertz CT molecular complexity index is 176. The molecule has 0 spiro atoms. The summed E-state index contributed by atoms with van der Waals surface area (Å²) >= 11 is 0. The third-order valence-corrected chi connectivity index (χ3v) is 3.26. The molecule has 2 aliphatic rings. The molecule has 11 heavy (non-hydrogen) atoms. The van der Waals surface area contributed by atoms with Gasteiger partial charge in [-0.15, -0.1) is 0 Å². The van der Waals surface area contributed by atoms with Crippen molar-refractivity contribution in [3.63, 3.8) is 0 Å². The number of oxime groups is 1. The van der Waals surface area contributed by atoms with E-state index in [2.05, 4.69) is 5.16 Å². The van der Waals surface area contributed by atoms with E-state index in [0.29, 0.717) is 0 Å². The Morgan fingerprint density at radius 2 is 2.00 bits per heavy atom. The summed E-state index contributed by atoms with van der Waals surface area (Å²) in [4.78, 5) is 0. The zero-order valence-electron chi connectivity index (χ0n) is 6.79. The fourth-order valence-corrected chi connectivity index (χ4v) is 2.61. The minimum absolute atomic E-state index is 0.856. The zero-order valence-corrected chi connectivity index (χ0v) is 6.79. The highest BCUT2D eigenvalue weighted by Gasteiger charge is 2.31. The minimum atomic E-state index is 0.856. The second kappa shape index (κ2) is 2.84. The van der Waals surface area contributed by atoms with Crippen LogP contribution in [0.5, 0.6) is 0 Å². The lowest BCUT2D eigenvalue weighted by Gasteiger charge is -2.25. The maximum Gasteiger partial charge on any atom is 0.0573 e. The van der Waals surface area contributed by atoms with Crippen LogP contribution in [-0.2, 0) is 0 Å². The fraction of sp³-hybridized carbons (Fsp3) is 0.889. The quantitative estimate of drug-likeness (QED) is 0.420. The molecule has 0 aromatic heterocycles. The summed E-state index contributed by atoms with van der Waals surface area (Å²) in [5, 5.41) is 11.9. The molecule has 2 nitrogen and oxygen atoms in total. The second-order valence-corrected chi connectivity index (χ2v) is 3.86. The normalized spacial score (nSPS) is 40.9. The van der Waals surface area contributed by atoms with Gasteiger partial charge >= 0.3 is 0 Å². The smallest absolute Gasteiger partial charge is 0.0573 e. The van der Waals surface area contributed by atoms with Gasteiger partial charge in [0.25, 0.3) is 0 Å². The van der Waals surface area contributed by atoms with E-state index >= 15 is 0 Å². The molecule has 0 heterocycles. The summed E-state index contributed by atoms with van der Waals surface area (Å²) in [5.74, 6) is 1.81. The van der Waals surface area contributed by atoms with Crippen LogP contribution >= 0.6 is 0 Å². The van der Waals surface area contributed by atoms with Crippen molar-refractivity contribution in [2.24, 2.45) is 17.0 Å². The maximum absolute atomic E-state index is 8.60. The van der Waals surface area contributed by atoms with Gasteiger partial charge < -0.3 is 5.21 Å². The molecule has 0 aromatic rings. The van der Waals surface area contributed by atoms with E-state index < -0.39 is 0 Å². The predicted molar refractivity (Wildman–Crippen MR) is 43.9 cm³/mol. The zero-order chi connectivity index (χ0) is 7.68. The van der Waals surface area contributed by atoms with E-state index in [1.165, 1.54) is 25.7 Å². The van der Waals surface area contributed by atoms with Crippen molar-refractivity contribution in [1.82, 2.24) is 0 Å². The first-order chi connectivity index (χ1) is 5.40. The highest BCUT2D eigenvalue weighted by Crippen LogP contribution is 2.40. The Labute approximate surface area is 67.3 Å². The number of hydrogen-bond acceptors (Lipinski definition) is 2. The fourth-order valence-electron chi connectivity index (χ4n) is 2.61. The second-order valence-electron chi connectivity index (χ2n) is 3.86. The average Bonchev–Trinajstić information content (AvgIpc) is 2.50. The van der Waals surface area contributed by atoms with Crippen molar-refractivity contribution < 1.29 is 5.21 Å². The van der Waals surface area contributed by atoms with Gasteiger partial charge in [0.15, 0.2) is 0 Å². The predicted octanol–water partition coefficient (Wildman–Crippen LogP) is 2.42. The van der Waals surface area contributed by atoms with E-state index in [4.69, 9.17) is 5.21 Å². The molecule has 0 aliphatic heterocycles. The van der Waals surface area contributed by atoms with E-state index in [1.807, 2.05) is 0 Å². The molecule has 2 unspecified atom stereocenters. The Morgan fingerprint density at radius 1 is 1.18 bits per heavy atom. The molecule has 2 aliphatic carbocycles. The van der Waals surface area contributed by atoms with Crippen molar-refractivity contribution in [2.45, 2.75) is 38.5 Å².